The van der Waals surface area contributed by atoms with E-state index in [0.717, 1.165) is 55.9 Å². The van der Waals surface area contributed by atoms with Gasteiger partial charge in [0.1, 0.15) is 10.6 Å². The Balaban J connectivity index is 1.49. The summed E-state index contributed by atoms with van der Waals surface area (Å²) in [5.41, 5.74) is 1.71. The first kappa shape index (κ1) is 17.5. The molecule has 1 N–H and O–H groups in total. The highest BCUT2D eigenvalue weighted by Crippen LogP contribution is 2.44. The monoisotopic (exact) mass is 374 g/mol. The van der Waals surface area contributed by atoms with Crippen molar-refractivity contribution in [2.75, 3.05) is 26.8 Å². The molecule has 0 atom stereocenters. The van der Waals surface area contributed by atoms with Gasteiger partial charge in [-0.15, -0.1) is 11.3 Å². The van der Waals surface area contributed by atoms with Crippen molar-refractivity contribution in [3.05, 3.63) is 45.4 Å². The lowest BCUT2D eigenvalue weighted by Crippen LogP contribution is -2.46. The zero-order chi connectivity index (χ0) is 18.1. The first-order chi connectivity index (χ1) is 12.6. The number of aromatic nitrogens is 1. The van der Waals surface area contributed by atoms with E-state index in [1.54, 1.807) is 13.3 Å². The van der Waals surface area contributed by atoms with Crippen LogP contribution in [0, 0.1) is 0 Å². The second kappa shape index (κ2) is 6.98. The van der Waals surface area contributed by atoms with Crippen LogP contribution in [0.4, 0.5) is 0 Å². The summed E-state index contributed by atoms with van der Waals surface area (Å²) in [6.07, 6.45) is 4.33. The molecule has 0 saturated carbocycles. The van der Waals surface area contributed by atoms with Gasteiger partial charge in [-0.2, -0.15) is 0 Å². The molecule has 0 unspecified atom stereocenters. The van der Waals surface area contributed by atoms with Crippen LogP contribution in [0.15, 0.2) is 24.4 Å². The standard InChI is InChI=1S/C19H22N2O4S/c1-24-15-3-2-7-20-14(15)12-21-8-5-19(6-9-21)13-11-17(18(22)23)26-16(13)4-10-25-19/h2-3,7,11H,4-6,8-10,12H2,1H3,(H,22,23). The topological polar surface area (TPSA) is 71.9 Å². The maximum absolute atomic E-state index is 11.3. The smallest absolute Gasteiger partial charge is 0.345 e. The lowest BCUT2D eigenvalue weighted by molar-refractivity contribution is -0.0982. The Kier molecular flexibility index (Phi) is 4.69. The molecule has 0 amide bonds. The maximum atomic E-state index is 11.3. The Morgan fingerprint density at radius 2 is 2.27 bits per heavy atom. The number of aromatic carboxylic acids is 1. The van der Waals surface area contributed by atoms with Crippen LogP contribution >= 0.6 is 11.3 Å². The number of rotatable bonds is 4. The fraction of sp³-hybridized carbons (Fsp3) is 0.474. The van der Waals surface area contributed by atoms with Crippen molar-refractivity contribution in [3.63, 3.8) is 0 Å². The van der Waals surface area contributed by atoms with Crippen molar-refractivity contribution in [1.82, 2.24) is 9.88 Å². The summed E-state index contributed by atoms with van der Waals surface area (Å²) >= 11 is 1.40. The van der Waals surface area contributed by atoms with Crippen LogP contribution in [0.5, 0.6) is 5.75 Å². The Morgan fingerprint density at radius 3 is 3.00 bits per heavy atom. The molecule has 4 heterocycles. The lowest BCUT2D eigenvalue weighted by Gasteiger charge is -2.44. The number of hydrogen-bond acceptors (Lipinski definition) is 6. The van der Waals surface area contributed by atoms with E-state index in [0.29, 0.717) is 11.5 Å². The highest BCUT2D eigenvalue weighted by atomic mass is 32.1. The number of fused-ring (bicyclic) bond motifs is 2. The molecule has 0 bridgehead atoms. The molecule has 2 aliphatic rings. The highest BCUT2D eigenvalue weighted by Gasteiger charge is 2.42. The van der Waals surface area contributed by atoms with Crippen molar-refractivity contribution < 1.29 is 19.4 Å². The van der Waals surface area contributed by atoms with Gasteiger partial charge < -0.3 is 14.6 Å². The predicted octanol–water partition coefficient (Wildman–Crippen LogP) is 2.91. The Labute approximate surface area is 156 Å². The Morgan fingerprint density at radius 1 is 1.46 bits per heavy atom. The van der Waals surface area contributed by atoms with Crippen molar-refractivity contribution in [2.24, 2.45) is 0 Å². The molecule has 1 fully saturated rings. The van der Waals surface area contributed by atoms with Crippen molar-refractivity contribution in [3.8, 4) is 5.75 Å². The number of hydrogen-bond donors (Lipinski definition) is 1. The second-order valence-electron chi connectivity index (χ2n) is 6.77. The minimum atomic E-state index is -0.848. The van der Waals surface area contributed by atoms with Crippen LogP contribution in [0.25, 0.3) is 0 Å². The third-order valence-corrected chi connectivity index (χ3v) is 6.51. The lowest BCUT2D eigenvalue weighted by atomic mass is 9.82. The zero-order valence-corrected chi connectivity index (χ0v) is 15.6. The summed E-state index contributed by atoms with van der Waals surface area (Å²) in [4.78, 5) is 19.7. The summed E-state index contributed by atoms with van der Waals surface area (Å²) in [5.74, 6) is -0.0350. The van der Waals surface area contributed by atoms with Crippen LogP contribution in [0.3, 0.4) is 0 Å². The quantitative estimate of drug-likeness (QED) is 0.887. The van der Waals surface area contributed by atoms with E-state index in [4.69, 9.17) is 9.47 Å². The van der Waals surface area contributed by atoms with Gasteiger partial charge in [-0.3, -0.25) is 9.88 Å². The molecule has 1 spiro atoms. The molecule has 138 valence electrons. The van der Waals surface area contributed by atoms with E-state index in [1.807, 2.05) is 18.2 Å². The molecule has 2 aliphatic heterocycles. The number of thiophene rings is 1. The zero-order valence-electron chi connectivity index (χ0n) is 14.7. The van der Waals surface area contributed by atoms with E-state index in [9.17, 15) is 9.90 Å². The van der Waals surface area contributed by atoms with Crippen LogP contribution in [0.1, 0.15) is 38.6 Å². The Bertz CT molecular complexity index is 812. The molecule has 7 heteroatoms. The predicted molar refractivity (Wildman–Crippen MR) is 97.9 cm³/mol. The molecular weight excluding hydrogens is 352 g/mol. The van der Waals surface area contributed by atoms with Gasteiger partial charge in [-0.05, 0) is 36.6 Å². The van der Waals surface area contributed by atoms with Gasteiger partial charge in [0.25, 0.3) is 0 Å². The summed E-state index contributed by atoms with van der Waals surface area (Å²) in [7, 11) is 1.67. The number of nitrogens with zero attached hydrogens (tertiary/aromatic N) is 2. The molecule has 2 aromatic rings. The van der Waals surface area contributed by atoms with E-state index >= 15 is 0 Å². The number of likely N-dealkylation sites (tertiary alicyclic amines) is 1. The third kappa shape index (κ3) is 3.11. The third-order valence-electron chi connectivity index (χ3n) is 5.32. The SMILES string of the molecule is COc1cccnc1CN1CCC2(CC1)OCCc1sc(C(=O)O)cc12. The number of methoxy groups -OCH3 is 1. The first-order valence-electron chi connectivity index (χ1n) is 8.82. The fourth-order valence-corrected chi connectivity index (χ4v) is 5.02. The summed E-state index contributed by atoms with van der Waals surface area (Å²) in [6, 6.07) is 5.64. The van der Waals surface area contributed by atoms with Gasteiger partial charge in [0.05, 0.1) is 25.0 Å². The van der Waals surface area contributed by atoms with Gasteiger partial charge in [-0.1, -0.05) is 0 Å². The molecule has 1 saturated heterocycles. The molecule has 0 aliphatic carbocycles. The maximum Gasteiger partial charge on any atom is 0.345 e. The van der Waals surface area contributed by atoms with Crippen molar-refractivity contribution in [1.29, 1.82) is 0 Å². The molecule has 0 radical (unpaired) electrons. The summed E-state index contributed by atoms with van der Waals surface area (Å²) < 4.78 is 11.6. The number of carbonyl (C=O) groups is 1. The molecule has 6 nitrogen and oxygen atoms in total. The fourth-order valence-electron chi connectivity index (χ4n) is 3.95. The molecule has 0 aromatic carbocycles. The van der Waals surface area contributed by atoms with Crippen LogP contribution in [-0.4, -0.2) is 47.8 Å². The van der Waals surface area contributed by atoms with Gasteiger partial charge in [0.2, 0.25) is 0 Å². The second-order valence-corrected chi connectivity index (χ2v) is 7.91. The number of piperidine rings is 1. The van der Waals surface area contributed by atoms with E-state index < -0.39 is 5.97 Å². The molecule has 4 rings (SSSR count). The van der Waals surface area contributed by atoms with Gasteiger partial charge >= 0.3 is 5.97 Å². The van der Waals surface area contributed by atoms with Crippen LogP contribution in [-0.2, 0) is 23.3 Å². The normalized spacial score (nSPS) is 19.3. The van der Waals surface area contributed by atoms with Crippen LogP contribution in [0.2, 0.25) is 0 Å². The minimum Gasteiger partial charge on any atom is -0.495 e. The summed E-state index contributed by atoms with van der Waals surface area (Å²) in [5, 5.41) is 9.32. The number of carboxylic acids is 1. The minimum absolute atomic E-state index is 0.331. The van der Waals surface area contributed by atoms with Gasteiger partial charge in [0.15, 0.2) is 0 Å². The van der Waals surface area contributed by atoms with E-state index in [2.05, 4.69) is 9.88 Å². The molecule has 2 aromatic heterocycles. The van der Waals surface area contributed by atoms with E-state index in [-0.39, 0.29) is 5.60 Å². The van der Waals surface area contributed by atoms with Crippen LogP contribution < -0.4 is 4.74 Å². The van der Waals surface area contributed by atoms with Gasteiger partial charge in [-0.25, -0.2) is 4.79 Å². The van der Waals surface area contributed by atoms with Crippen molar-refractivity contribution in [2.45, 2.75) is 31.4 Å². The average molecular weight is 374 g/mol. The molecule has 26 heavy (non-hydrogen) atoms. The first-order valence-corrected chi connectivity index (χ1v) is 9.64. The average Bonchev–Trinajstić information content (AvgIpc) is 3.11. The number of carboxylic acid groups (broad SMARTS) is 1. The van der Waals surface area contributed by atoms with E-state index in [1.165, 1.54) is 16.2 Å². The van der Waals surface area contributed by atoms with Crippen molar-refractivity contribution >= 4 is 17.3 Å². The number of ether oxygens (including phenoxy) is 2. The summed E-state index contributed by atoms with van der Waals surface area (Å²) in [6.45, 7) is 3.19. The molecular formula is C19H22N2O4S. The number of pyridine rings is 1. The largest absolute Gasteiger partial charge is 0.495 e. The van der Waals surface area contributed by atoms with Gasteiger partial charge in [0, 0.05) is 37.1 Å². The Hall–Kier alpha value is -1.96. The highest BCUT2D eigenvalue weighted by molar-refractivity contribution is 7.14.